The maximum atomic E-state index is 13.3. The molecule has 0 bridgehead atoms. The van der Waals surface area contributed by atoms with E-state index >= 15 is 0 Å². The van der Waals surface area contributed by atoms with Crippen LogP contribution < -0.4 is 15.6 Å². The summed E-state index contributed by atoms with van der Waals surface area (Å²) >= 11 is 1.23. The van der Waals surface area contributed by atoms with Gasteiger partial charge in [0.2, 0.25) is 5.91 Å². The molecule has 0 saturated heterocycles. The van der Waals surface area contributed by atoms with Crippen molar-refractivity contribution in [2.24, 2.45) is 0 Å². The number of thioether (sulfide) groups is 1. The normalized spacial score (nSPS) is 10.9. The van der Waals surface area contributed by atoms with Crippen molar-refractivity contribution in [1.82, 2.24) is 9.55 Å². The zero-order valence-corrected chi connectivity index (χ0v) is 19.8. The van der Waals surface area contributed by atoms with Gasteiger partial charge in [-0.1, -0.05) is 41.6 Å². The van der Waals surface area contributed by atoms with E-state index < -0.39 is 0 Å². The molecule has 33 heavy (non-hydrogen) atoms. The lowest BCUT2D eigenvalue weighted by molar-refractivity contribution is -0.113. The van der Waals surface area contributed by atoms with E-state index in [0.717, 1.165) is 22.4 Å². The second kappa shape index (κ2) is 9.50. The number of methoxy groups -OCH3 is 1. The van der Waals surface area contributed by atoms with E-state index in [-0.39, 0.29) is 17.2 Å². The number of fused-ring (bicyclic) bond motifs is 1. The maximum Gasteiger partial charge on any atom is 0.266 e. The van der Waals surface area contributed by atoms with E-state index in [1.807, 2.05) is 45.0 Å². The molecule has 0 spiro atoms. The van der Waals surface area contributed by atoms with Crippen LogP contribution in [0.1, 0.15) is 16.7 Å². The van der Waals surface area contributed by atoms with Crippen LogP contribution in [0.25, 0.3) is 16.6 Å². The van der Waals surface area contributed by atoms with Gasteiger partial charge >= 0.3 is 0 Å². The second-order valence-electron chi connectivity index (χ2n) is 7.86. The van der Waals surface area contributed by atoms with Gasteiger partial charge in [0.15, 0.2) is 5.16 Å². The van der Waals surface area contributed by atoms with Crippen LogP contribution in [0, 0.1) is 20.8 Å². The first-order chi connectivity index (χ1) is 15.9. The first kappa shape index (κ1) is 22.6. The van der Waals surface area contributed by atoms with Crippen molar-refractivity contribution < 1.29 is 9.53 Å². The number of hydrogen-bond donors (Lipinski definition) is 1. The minimum atomic E-state index is -0.182. The van der Waals surface area contributed by atoms with Crippen LogP contribution in [0.2, 0.25) is 0 Å². The molecule has 0 unspecified atom stereocenters. The average molecular weight is 460 g/mol. The second-order valence-corrected chi connectivity index (χ2v) is 8.80. The average Bonchev–Trinajstić information content (AvgIpc) is 2.80. The molecule has 1 heterocycles. The summed E-state index contributed by atoms with van der Waals surface area (Å²) in [6, 6.07) is 18.5. The van der Waals surface area contributed by atoms with Gasteiger partial charge in [0.25, 0.3) is 5.56 Å². The Hall–Kier alpha value is -3.58. The van der Waals surface area contributed by atoms with Crippen LogP contribution in [-0.2, 0) is 4.79 Å². The third-order valence-corrected chi connectivity index (χ3v) is 6.29. The van der Waals surface area contributed by atoms with Crippen molar-refractivity contribution in [2.75, 3.05) is 18.2 Å². The number of rotatable bonds is 6. The first-order valence-corrected chi connectivity index (χ1v) is 11.5. The zero-order valence-electron chi connectivity index (χ0n) is 19.0. The fourth-order valence-corrected chi connectivity index (χ4v) is 4.66. The SMILES string of the molecule is COc1ccc(-n2c(SCC(=O)Nc3c(C)cc(C)cc3C)nc3ccccc3c2=O)cc1. The van der Waals surface area contributed by atoms with Crippen molar-refractivity contribution in [2.45, 2.75) is 25.9 Å². The Morgan fingerprint density at radius 3 is 2.36 bits per heavy atom. The molecule has 3 aromatic carbocycles. The van der Waals surface area contributed by atoms with E-state index in [4.69, 9.17) is 9.72 Å². The van der Waals surface area contributed by atoms with Gasteiger partial charge in [0.1, 0.15) is 5.75 Å². The number of nitrogens with one attached hydrogen (secondary N) is 1. The number of aryl methyl sites for hydroxylation is 3. The number of benzene rings is 3. The Labute approximate surface area is 196 Å². The van der Waals surface area contributed by atoms with E-state index in [2.05, 4.69) is 5.32 Å². The van der Waals surface area contributed by atoms with Crippen LogP contribution in [-0.4, -0.2) is 28.3 Å². The van der Waals surface area contributed by atoms with Gasteiger partial charge in [0.05, 0.1) is 29.5 Å². The minimum absolute atomic E-state index is 0.119. The Bertz CT molecular complexity index is 1370. The molecule has 0 atom stereocenters. The van der Waals surface area contributed by atoms with Crippen LogP contribution >= 0.6 is 11.8 Å². The number of amides is 1. The number of carbonyl (C=O) groups excluding carboxylic acids is 1. The molecule has 0 radical (unpaired) electrons. The lowest BCUT2D eigenvalue weighted by Crippen LogP contribution is -2.23. The summed E-state index contributed by atoms with van der Waals surface area (Å²) in [6.07, 6.45) is 0. The molecular weight excluding hydrogens is 434 g/mol. The molecule has 0 aliphatic rings. The quantitative estimate of drug-likeness (QED) is 0.323. The molecule has 1 aromatic heterocycles. The van der Waals surface area contributed by atoms with E-state index in [0.29, 0.717) is 27.5 Å². The molecule has 4 aromatic rings. The van der Waals surface area contributed by atoms with Crippen molar-refractivity contribution in [3.63, 3.8) is 0 Å². The molecule has 6 nitrogen and oxygen atoms in total. The lowest BCUT2D eigenvalue weighted by Gasteiger charge is -2.15. The summed E-state index contributed by atoms with van der Waals surface area (Å²) in [5, 5.41) is 3.99. The fraction of sp³-hybridized carbons (Fsp3) is 0.192. The van der Waals surface area contributed by atoms with Crippen LogP contribution in [0.5, 0.6) is 5.75 Å². The van der Waals surface area contributed by atoms with Gasteiger partial charge in [-0.25, -0.2) is 4.98 Å². The summed E-state index contributed by atoms with van der Waals surface area (Å²) in [6.45, 7) is 6.00. The Morgan fingerprint density at radius 2 is 1.70 bits per heavy atom. The van der Waals surface area contributed by atoms with Crippen LogP contribution in [0.4, 0.5) is 5.69 Å². The first-order valence-electron chi connectivity index (χ1n) is 10.5. The molecule has 1 N–H and O–H groups in total. The highest BCUT2D eigenvalue weighted by atomic mass is 32.2. The number of ether oxygens (including phenoxy) is 1. The summed E-state index contributed by atoms with van der Waals surface area (Å²) in [7, 11) is 1.59. The van der Waals surface area contributed by atoms with Gasteiger partial charge in [0, 0.05) is 5.69 Å². The van der Waals surface area contributed by atoms with Crippen molar-refractivity contribution in [1.29, 1.82) is 0 Å². The number of carbonyl (C=O) groups is 1. The number of para-hydroxylation sites is 1. The van der Waals surface area contributed by atoms with Crippen molar-refractivity contribution >= 4 is 34.3 Å². The highest BCUT2D eigenvalue weighted by molar-refractivity contribution is 7.99. The number of hydrogen-bond acceptors (Lipinski definition) is 5. The number of anilines is 1. The summed E-state index contributed by atoms with van der Waals surface area (Å²) in [5.74, 6) is 0.657. The lowest BCUT2D eigenvalue weighted by atomic mass is 10.1. The molecular formula is C26H25N3O3S. The molecule has 0 saturated carbocycles. The summed E-state index contributed by atoms with van der Waals surface area (Å²) in [5.41, 5.74) is 5.09. The van der Waals surface area contributed by atoms with E-state index in [1.165, 1.54) is 11.8 Å². The Morgan fingerprint density at radius 1 is 1.03 bits per heavy atom. The summed E-state index contributed by atoms with van der Waals surface area (Å²) in [4.78, 5) is 30.8. The summed E-state index contributed by atoms with van der Waals surface area (Å²) < 4.78 is 6.78. The third kappa shape index (κ3) is 4.78. The van der Waals surface area contributed by atoms with Crippen LogP contribution in [0.15, 0.2) is 70.6 Å². The molecule has 0 aliphatic heterocycles. The third-order valence-electron chi connectivity index (χ3n) is 5.35. The number of aromatic nitrogens is 2. The smallest absolute Gasteiger partial charge is 0.266 e. The molecule has 4 rings (SSSR count). The van der Waals surface area contributed by atoms with E-state index in [9.17, 15) is 9.59 Å². The molecule has 7 heteroatoms. The zero-order chi connectivity index (χ0) is 23.5. The van der Waals surface area contributed by atoms with Gasteiger partial charge in [-0.05, 0) is 68.3 Å². The standard InChI is InChI=1S/C26H25N3O3S/c1-16-13-17(2)24(18(3)14-16)28-23(30)15-33-26-27-22-8-6-5-7-21(22)25(31)29(26)19-9-11-20(32-4)12-10-19/h5-14H,15H2,1-4H3,(H,28,30). The molecule has 0 aliphatic carbocycles. The fourth-order valence-electron chi connectivity index (χ4n) is 3.85. The highest BCUT2D eigenvalue weighted by Crippen LogP contribution is 2.25. The predicted molar refractivity (Wildman–Crippen MR) is 134 cm³/mol. The van der Waals surface area contributed by atoms with Crippen molar-refractivity contribution in [3.8, 4) is 11.4 Å². The van der Waals surface area contributed by atoms with E-state index in [1.54, 1.807) is 48.1 Å². The topological polar surface area (TPSA) is 73.2 Å². The van der Waals surface area contributed by atoms with Gasteiger partial charge in [-0.2, -0.15) is 0 Å². The van der Waals surface area contributed by atoms with Crippen molar-refractivity contribution in [3.05, 3.63) is 87.7 Å². The molecule has 0 fully saturated rings. The van der Waals surface area contributed by atoms with Crippen LogP contribution in [0.3, 0.4) is 0 Å². The largest absolute Gasteiger partial charge is 0.497 e. The van der Waals surface area contributed by atoms with Gasteiger partial charge in [-0.15, -0.1) is 0 Å². The molecule has 1 amide bonds. The van der Waals surface area contributed by atoms with Gasteiger partial charge in [-0.3, -0.25) is 14.2 Å². The highest BCUT2D eigenvalue weighted by Gasteiger charge is 2.16. The molecule has 168 valence electrons. The predicted octanol–water partition coefficient (Wildman–Crippen LogP) is 5.05. The maximum absolute atomic E-state index is 13.3. The Balaban J connectivity index is 1.67. The number of nitrogens with zero attached hydrogens (tertiary/aromatic N) is 2. The Kier molecular flexibility index (Phi) is 6.51. The minimum Gasteiger partial charge on any atom is -0.497 e. The monoisotopic (exact) mass is 459 g/mol. The van der Waals surface area contributed by atoms with Gasteiger partial charge < -0.3 is 10.1 Å².